The molecule has 0 radical (unpaired) electrons. The second kappa shape index (κ2) is 9.09. The lowest BCUT2D eigenvalue weighted by Gasteiger charge is -2.12. The number of rotatable bonds is 7. The maximum Gasteiger partial charge on any atom is 0.407 e. The third kappa shape index (κ3) is 4.90. The van der Waals surface area contributed by atoms with Gasteiger partial charge in [-0.2, -0.15) is 5.10 Å². The number of alkyl carbamates (subject to hydrolysis) is 1. The molecular weight excluding hydrogens is 416 g/mol. The van der Waals surface area contributed by atoms with Gasteiger partial charge in [-0.1, -0.05) is 6.92 Å². The Hall–Kier alpha value is -2.88. The lowest BCUT2D eigenvalue weighted by Crippen LogP contribution is -2.28. The van der Waals surface area contributed by atoms with Crippen LogP contribution in [0.25, 0.3) is 4.96 Å². The summed E-state index contributed by atoms with van der Waals surface area (Å²) in [4.78, 5) is 30.9. The van der Waals surface area contributed by atoms with Gasteiger partial charge in [0.25, 0.3) is 0 Å². The molecule has 3 N–H and O–H groups in total. The van der Waals surface area contributed by atoms with E-state index in [0.717, 1.165) is 47.7 Å². The molecule has 0 aromatic carbocycles. The van der Waals surface area contributed by atoms with E-state index in [1.54, 1.807) is 11.3 Å². The van der Waals surface area contributed by atoms with Crippen LogP contribution in [0, 0.1) is 13.8 Å². The largest absolute Gasteiger partial charge is 0.446 e. The number of thiazole rings is 1. The van der Waals surface area contributed by atoms with Gasteiger partial charge in [0.15, 0.2) is 10.8 Å². The predicted octanol–water partition coefficient (Wildman–Crippen LogP) is 3.69. The first-order valence-electron chi connectivity index (χ1n) is 10.7. The molecule has 0 bridgehead atoms. The quantitative estimate of drug-likeness (QED) is 0.514. The van der Waals surface area contributed by atoms with Crippen molar-refractivity contribution < 1.29 is 14.3 Å². The van der Waals surface area contributed by atoms with E-state index in [4.69, 9.17) is 4.74 Å². The van der Waals surface area contributed by atoms with E-state index < -0.39 is 0 Å². The summed E-state index contributed by atoms with van der Waals surface area (Å²) in [5.74, 6) is 0.574. The van der Waals surface area contributed by atoms with Gasteiger partial charge in [0.1, 0.15) is 6.10 Å². The molecular formula is C21H28N6O3S. The van der Waals surface area contributed by atoms with Gasteiger partial charge in [-0.3, -0.25) is 14.3 Å². The SMILES string of the molecule is CCCNC(=O)OC1CCC(c2cc(NC(=O)Cc3cn4c(C)c(C)sc4n3)n[nH]2)C1. The zero-order valence-corrected chi connectivity index (χ0v) is 18.8. The smallest absolute Gasteiger partial charge is 0.407 e. The van der Waals surface area contributed by atoms with E-state index in [9.17, 15) is 9.59 Å². The van der Waals surface area contributed by atoms with Crippen molar-refractivity contribution in [1.82, 2.24) is 24.9 Å². The van der Waals surface area contributed by atoms with Crippen LogP contribution in [-0.4, -0.2) is 44.2 Å². The Morgan fingerprint density at radius 2 is 2.19 bits per heavy atom. The molecule has 9 nitrogen and oxygen atoms in total. The highest BCUT2D eigenvalue weighted by Gasteiger charge is 2.30. The van der Waals surface area contributed by atoms with Crippen LogP contribution < -0.4 is 10.6 Å². The number of imidazole rings is 1. The Bertz CT molecular complexity index is 1080. The van der Waals surface area contributed by atoms with Crippen molar-refractivity contribution in [2.24, 2.45) is 0 Å². The van der Waals surface area contributed by atoms with Crippen molar-refractivity contribution in [3.63, 3.8) is 0 Å². The molecule has 3 aromatic rings. The number of amides is 2. The molecule has 1 fully saturated rings. The summed E-state index contributed by atoms with van der Waals surface area (Å²) in [6.45, 7) is 6.73. The highest BCUT2D eigenvalue weighted by Crippen LogP contribution is 2.35. The van der Waals surface area contributed by atoms with E-state index in [1.807, 2.05) is 30.5 Å². The average molecular weight is 445 g/mol. The third-order valence-electron chi connectivity index (χ3n) is 5.66. The second-order valence-electron chi connectivity index (χ2n) is 8.03. The molecule has 166 valence electrons. The van der Waals surface area contributed by atoms with Gasteiger partial charge in [0.2, 0.25) is 5.91 Å². The van der Waals surface area contributed by atoms with Crippen LogP contribution in [0.3, 0.4) is 0 Å². The fourth-order valence-electron chi connectivity index (χ4n) is 3.90. The molecule has 1 aliphatic rings. The summed E-state index contributed by atoms with van der Waals surface area (Å²) in [6, 6.07) is 1.86. The molecule has 4 rings (SSSR count). The van der Waals surface area contributed by atoms with E-state index >= 15 is 0 Å². The van der Waals surface area contributed by atoms with E-state index in [2.05, 4.69) is 32.7 Å². The van der Waals surface area contributed by atoms with Crippen molar-refractivity contribution in [2.75, 3.05) is 11.9 Å². The average Bonchev–Trinajstić information content (AvgIpc) is 3.49. The first-order chi connectivity index (χ1) is 14.9. The molecule has 3 aromatic heterocycles. The second-order valence-corrected chi connectivity index (χ2v) is 9.21. The number of aryl methyl sites for hydroxylation is 2. The van der Waals surface area contributed by atoms with Gasteiger partial charge < -0.3 is 15.4 Å². The van der Waals surface area contributed by atoms with Crippen LogP contribution in [0.4, 0.5) is 10.6 Å². The Kier molecular flexibility index (Phi) is 6.26. The minimum absolute atomic E-state index is 0.0925. The van der Waals surface area contributed by atoms with Crippen LogP contribution in [0.2, 0.25) is 0 Å². The molecule has 10 heteroatoms. The molecule has 0 saturated heterocycles. The standard InChI is InChI=1S/C21H28N6O3S/c1-4-7-22-21(29)30-16-6-5-14(8-16)17-10-18(26-25-17)24-19(28)9-15-11-27-12(2)13(3)31-20(27)23-15/h10-11,14,16H,4-9H2,1-3H3,(H,22,29)(H2,24,25,26,28). The summed E-state index contributed by atoms with van der Waals surface area (Å²) < 4.78 is 7.50. The summed E-state index contributed by atoms with van der Waals surface area (Å²) in [7, 11) is 0. The van der Waals surface area contributed by atoms with Gasteiger partial charge in [-0.15, -0.1) is 11.3 Å². The van der Waals surface area contributed by atoms with Gasteiger partial charge in [-0.25, -0.2) is 9.78 Å². The summed E-state index contributed by atoms with van der Waals surface area (Å²) in [5, 5.41) is 12.8. The number of hydrogen-bond acceptors (Lipinski definition) is 6. The molecule has 1 saturated carbocycles. The predicted molar refractivity (Wildman–Crippen MR) is 119 cm³/mol. The number of carbonyl (C=O) groups excluding carboxylic acids is 2. The van der Waals surface area contributed by atoms with Gasteiger partial charge in [0.05, 0.1) is 12.1 Å². The molecule has 0 spiro atoms. The topological polar surface area (TPSA) is 113 Å². The van der Waals surface area contributed by atoms with Crippen molar-refractivity contribution >= 4 is 34.1 Å². The summed E-state index contributed by atoms with van der Waals surface area (Å²) >= 11 is 1.62. The minimum Gasteiger partial charge on any atom is -0.446 e. The van der Waals surface area contributed by atoms with E-state index in [-0.39, 0.29) is 30.4 Å². The zero-order valence-electron chi connectivity index (χ0n) is 18.0. The van der Waals surface area contributed by atoms with Crippen molar-refractivity contribution in [2.45, 2.75) is 64.9 Å². The van der Waals surface area contributed by atoms with Crippen molar-refractivity contribution in [3.05, 3.63) is 34.2 Å². The number of aromatic amines is 1. The number of hydrogen-bond donors (Lipinski definition) is 3. The molecule has 0 aliphatic heterocycles. The molecule has 1 aliphatic carbocycles. The normalized spacial score (nSPS) is 18.4. The van der Waals surface area contributed by atoms with E-state index in [1.165, 1.54) is 4.88 Å². The lowest BCUT2D eigenvalue weighted by atomic mass is 10.0. The molecule has 2 atom stereocenters. The number of ether oxygens (including phenoxy) is 1. The number of H-pyrrole nitrogens is 1. The molecule has 3 heterocycles. The summed E-state index contributed by atoms with van der Waals surface area (Å²) in [6.07, 6.45) is 5.02. The van der Waals surface area contributed by atoms with Crippen LogP contribution >= 0.6 is 11.3 Å². The number of anilines is 1. The van der Waals surface area contributed by atoms with Gasteiger partial charge >= 0.3 is 6.09 Å². The van der Waals surface area contributed by atoms with Gasteiger partial charge in [0, 0.05) is 41.0 Å². The fraction of sp³-hybridized carbons (Fsp3) is 0.524. The highest BCUT2D eigenvalue weighted by atomic mass is 32.1. The Morgan fingerprint density at radius 3 is 2.97 bits per heavy atom. The highest BCUT2D eigenvalue weighted by molar-refractivity contribution is 7.17. The van der Waals surface area contributed by atoms with Crippen LogP contribution in [0.1, 0.15) is 60.5 Å². The lowest BCUT2D eigenvalue weighted by molar-refractivity contribution is -0.115. The molecule has 2 unspecified atom stereocenters. The minimum atomic E-state index is -0.352. The number of nitrogens with zero attached hydrogens (tertiary/aromatic N) is 3. The number of fused-ring (bicyclic) bond motifs is 1. The first kappa shape index (κ1) is 21.4. The van der Waals surface area contributed by atoms with Gasteiger partial charge in [-0.05, 0) is 39.5 Å². The monoisotopic (exact) mass is 444 g/mol. The van der Waals surface area contributed by atoms with Crippen LogP contribution in [0.15, 0.2) is 12.3 Å². The van der Waals surface area contributed by atoms with Crippen molar-refractivity contribution in [3.8, 4) is 0 Å². The third-order valence-corrected chi connectivity index (χ3v) is 6.74. The maximum atomic E-state index is 12.4. The van der Waals surface area contributed by atoms with Crippen LogP contribution in [-0.2, 0) is 16.0 Å². The maximum absolute atomic E-state index is 12.4. The summed E-state index contributed by atoms with van der Waals surface area (Å²) in [5.41, 5.74) is 2.83. The molecule has 31 heavy (non-hydrogen) atoms. The number of aromatic nitrogens is 4. The number of carbonyl (C=O) groups is 2. The first-order valence-corrected chi connectivity index (χ1v) is 11.5. The number of nitrogens with one attached hydrogen (secondary N) is 3. The van der Waals surface area contributed by atoms with E-state index in [0.29, 0.717) is 12.4 Å². The fourth-order valence-corrected chi connectivity index (χ4v) is 4.87. The zero-order chi connectivity index (χ0) is 22.0. The molecule has 2 amide bonds. The Morgan fingerprint density at radius 1 is 1.35 bits per heavy atom. The van der Waals surface area contributed by atoms with Crippen molar-refractivity contribution in [1.29, 1.82) is 0 Å². The Labute approximate surface area is 184 Å². The van der Waals surface area contributed by atoms with Crippen LogP contribution in [0.5, 0.6) is 0 Å². The Balaban J connectivity index is 1.29.